The molecule has 37 heavy (non-hydrogen) atoms. The predicted molar refractivity (Wildman–Crippen MR) is 141 cm³/mol. The van der Waals surface area contributed by atoms with Gasteiger partial charge in [-0.25, -0.2) is 9.97 Å². The summed E-state index contributed by atoms with van der Waals surface area (Å²) in [6, 6.07) is 18.5. The normalized spacial score (nSPS) is 11.5. The summed E-state index contributed by atoms with van der Waals surface area (Å²) in [4.78, 5) is 24.6. The van der Waals surface area contributed by atoms with Crippen LogP contribution >= 0.6 is 0 Å². The van der Waals surface area contributed by atoms with Crippen molar-refractivity contribution in [3.8, 4) is 23.1 Å². The number of hydrogen-bond donors (Lipinski definition) is 1. The van der Waals surface area contributed by atoms with Crippen LogP contribution in [-0.2, 0) is 0 Å². The summed E-state index contributed by atoms with van der Waals surface area (Å²) in [7, 11) is 3.13. The Bertz CT molecular complexity index is 1820. The third-order valence-electron chi connectivity index (χ3n) is 6.09. The summed E-state index contributed by atoms with van der Waals surface area (Å²) in [5, 5.41) is 2.50. The first kappa shape index (κ1) is 22.4. The van der Waals surface area contributed by atoms with E-state index in [0.717, 1.165) is 21.9 Å². The summed E-state index contributed by atoms with van der Waals surface area (Å²) >= 11 is 0. The quantitative estimate of drug-likeness (QED) is 0.199. The number of rotatable bonds is 7. The number of nitrogens with one attached hydrogen (secondary N) is 1. The van der Waals surface area contributed by atoms with E-state index in [1.165, 1.54) is 12.4 Å². The predicted octanol–water partition coefficient (Wildman–Crippen LogP) is 6.56. The number of aromatic nitrogens is 3. The zero-order valence-electron chi connectivity index (χ0n) is 20.0. The molecule has 0 aliphatic rings. The van der Waals surface area contributed by atoms with Crippen LogP contribution in [0.25, 0.3) is 38.9 Å². The third kappa shape index (κ3) is 4.14. The van der Waals surface area contributed by atoms with Gasteiger partial charge in [-0.1, -0.05) is 18.2 Å². The molecular weight excluding hydrogens is 470 g/mol. The van der Waals surface area contributed by atoms with E-state index in [0.29, 0.717) is 39.6 Å². The maximum atomic E-state index is 12.8. The number of furan rings is 1. The molecule has 0 unspecified atom stereocenters. The molecule has 6 aromatic rings. The molecule has 0 fully saturated rings. The number of benzene rings is 3. The maximum absolute atomic E-state index is 12.8. The van der Waals surface area contributed by atoms with Crippen molar-refractivity contribution in [2.24, 2.45) is 0 Å². The Morgan fingerprint density at radius 1 is 0.946 bits per heavy atom. The lowest BCUT2D eigenvalue weighted by molar-refractivity contribution is 0.102. The smallest absolute Gasteiger partial charge is 0.230 e. The molecule has 0 saturated carbocycles. The van der Waals surface area contributed by atoms with Crippen LogP contribution in [0.2, 0.25) is 0 Å². The number of ketones is 1. The second-order valence-electron chi connectivity index (χ2n) is 8.30. The van der Waals surface area contributed by atoms with Crippen LogP contribution in [-0.4, -0.2) is 35.0 Å². The number of methoxy groups -OCH3 is 2. The Kier molecular flexibility index (Phi) is 5.54. The van der Waals surface area contributed by atoms with Crippen molar-refractivity contribution in [2.75, 3.05) is 14.2 Å². The number of allylic oxidation sites excluding steroid dienone is 1. The molecule has 0 aliphatic carbocycles. The highest BCUT2D eigenvalue weighted by molar-refractivity contribution is 6.08. The van der Waals surface area contributed by atoms with E-state index in [1.54, 1.807) is 50.6 Å². The van der Waals surface area contributed by atoms with Crippen LogP contribution in [0, 0.1) is 0 Å². The van der Waals surface area contributed by atoms with E-state index in [-0.39, 0.29) is 11.5 Å². The molecule has 0 radical (unpaired) electrons. The third-order valence-corrected chi connectivity index (χ3v) is 6.09. The van der Waals surface area contributed by atoms with Gasteiger partial charge in [0.15, 0.2) is 17.3 Å². The monoisotopic (exact) mass is 491 g/mol. The van der Waals surface area contributed by atoms with Crippen molar-refractivity contribution in [3.05, 3.63) is 90.6 Å². The standard InChI is InChI=1S/C29H21N3O5/c1-34-27-13-21-23(14-28(27)35-2)31-16-32-29(21)36-19-9-7-17-11-26(37-25(17)12-19)24(33)10-8-18-15-30-22-6-4-3-5-20(18)22/h3-16,30H,1-2H3/b10-8+. The van der Waals surface area contributed by atoms with Gasteiger partial charge in [-0.05, 0) is 48.0 Å². The molecule has 0 bridgehead atoms. The molecule has 0 aliphatic heterocycles. The van der Waals surface area contributed by atoms with E-state index >= 15 is 0 Å². The lowest BCUT2D eigenvalue weighted by atomic mass is 10.1. The van der Waals surface area contributed by atoms with Gasteiger partial charge in [-0.2, -0.15) is 0 Å². The summed E-state index contributed by atoms with van der Waals surface area (Å²) in [6.07, 6.45) is 6.59. The largest absolute Gasteiger partial charge is 0.493 e. The van der Waals surface area contributed by atoms with Gasteiger partial charge in [-0.15, -0.1) is 0 Å². The van der Waals surface area contributed by atoms with Crippen LogP contribution in [0.3, 0.4) is 0 Å². The van der Waals surface area contributed by atoms with Crippen molar-refractivity contribution < 1.29 is 23.4 Å². The average molecular weight is 492 g/mol. The molecule has 0 spiro atoms. The number of carbonyl (C=O) groups is 1. The lowest BCUT2D eigenvalue weighted by Gasteiger charge is -2.11. The van der Waals surface area contributed by atoms with Crippen LogP contribution in [0.5, 0.6) is 23.1 Å². The number of nitrogens with zero attached hydrogens (tertiary/aromatic N) is 2. The van der Waals surface area contributed by atoms with Gasteiger partial charge in [0.2, 0.25) is 11.7 Å². The van der Waals surface area contributed by atoms with Crippen LogP contribution in [0.4, 0.5) is 0 Å². The number of ether oxygens (including phenoxy) is 3. The topological polar surface area (TPSA) is 99.5 Å². The minimum Gasteiger partial charge on any atom is -0.493 e. The molecule has 3 aromatic carbocycles. The number of aromatic amines is 1. The molecule has 3 aromatic heterocycles. The van der Waals surface area contributed by atoms with E-state index in [2.05, 4.69) is 15.0 Å². The fourth-order valence-corrected chi connectivity index (χ4v) is 4.23. The number of para-hydroxylation sites is 1. The van der Waals surface area contributed by atoms with Crippen LogP contribution < -0.4 is 14.2 Å². The summed E-state index contributed by atoms with van der Waals surface area (Å²) in [5.41, 5.74) is 3.12. The number of hydrogen-bond acceptors (Lipinski definition) is 7. The number of H-pyrrole nitrogens is 1. The van der Waals surface area contributed by atoms with Gasteiger partial charge in [-0.3, -0.25) is 4.79 Å². The molecule has 6 rings (SSSR count). The van der Waals surface area contributed by atoms with E-state index in [1.807, 2.05) is 36.5 Å². The molecule has 8 heteroatoms. The van der Waals surface area contributed by atoms with Gasteiger partial charge < -0.3 is 23.6 Å². The van der Waals surface area contributed by atoms with Crippen molar-refractivity contribution in [1.29, 1.82) is 0 Å². The first-order valence-corrected chi connectivity index (χ1v) is 11.5. The van der Waals surface area contributed by atoms with Crippen molar-refractivity contribution in [2.45, 2.75) is 0 Å². The SMILES string of the molecule is COc1cc2ncnc(Oc3ccc4cc(C(=O)/C=C/c5c[nH]c6ccccc56)oc4c3)c2cc1OC. The van der Waals surface area contributed by atoms with Gasteiger partial charge >= 0.3 is 0 Å². The molecule has 0 saturated heterocycles. The fraction of sp³-hybridized carbons (Fsp3) is 0.0690. The first-order chi connectivity index (χ1) is 18.1. The second kappa shape index (κ2) is 9.16. The molecule has 3 heterocycles. The Morgan fingerprint density at radius 2 is 1.78 bits per heavy atom. The van der Waals surface area contributed by atoms with Crippen molar-refractivity contribution >= 4 is 44.6 Å². The van der Waals surface area contributed by atoms with E-state index in [4.69, 9.17) is 18.6 Å². The zero-order valence-corrected chi connectivity index (χ0v) is 20.0. The fourth-order valence-electron chi connectivity index (χ4n) is 4.23. The van der Waals surface area contributed by atoms with Crippen molar-refractivity contribution in [1.82, 2.24) is 15.0 Å². The Labute approximate surface area is 211 Å². The van der Waals surface area contributed by atoms with E-state index in [9.17, 15) is 4.79 Å². The number of carbonyl (C=O) groups excluding carboxylic acids is 1. The van der Waals surface area contributed by atoms with Gasteiger partial charge in [0.05, 0.1) is 25.1 Å². The van der Waals surface area contributed by atoms with Gasteiger partial charge in [0, 0.05) is 34.6 Å². The highest BCUT2D eigenvalue weighted by Gasteiger charge is 2.15. The molecule has 1 N–H and O–H groups in total. The number of fused-ring (bicyclic) bond motifs is 3. The van der Waals surface area contributed by atoms with Crippen molar-refractivity contribution in [3.63, 3.8) is 0 Å². The second-order valence-corrected chi connectivity index (χ2v) is 8.30. The minimum absolute atomic E-state index is 0.230. The van der Waals surface area contributed by atoms with Gasteiger partial charge in [0.25, 0.3) is 0 Å². The van der Waals surface area contributed by atoms with Crippen LogP contribution in [0.15, 0.2) is 83.7 Å². The summed E-state index contributed by atoms with van der Waals surface area (Å²) in [5.74, 6) is 1.98. The van der Waals surface area contributed by atoms with Gasteiger partial charge in [0.1, 0.15) is 17.7 Å². The molecular formula is C29H21N3O5. The van der Waals surface area contributed by atoms with Crippen LogP contribution in [0.1, 0.15) is 16.1 Å². The Hall–Kier alpha value is -5.11. The lowest BCUT2D eigenvalue weighted by Crippen LogP contribution is -1.95. The highest BCUT2D eigenvalue weighted by Crippen LogP contribution is 2.36. The minimum atomic E-state index is -0.230. The first-order valence-electron chi connectivity index (χ1n) is 11.5. The average Bonchev–Trinajstić information content (AvgIpc) is 3.55. The molecule has 0 amide bonds. The molecule has 0 atom stereocenters. The summed E-state index contributed by atoms with van der Waals surface area (Å²) < 4.78 is 22.7. The highest BCUT2D eigenvalue weighted by atomic mass is 16.5. The van der Waals surface area contributed by atoms with E-state index < -0.39 is 0 Å². The maximum Gasteiger partial charge on any atom is 0.230 e. The molecule has 8 nitrogen and oxygen atoms in total. The summed E-state index contributed by atoms with van der Waals surface area (Å²) in [6.45, 7) is 0. The Morgan fingerprint density at radius 3 is 2.65 bits per heavy atom. The zero-order chi connectivity index (χ0) is 25.4. The Balaban J connectivity index is 1.27. The molecule has 182 valence electrons.